The molecule has 21 heavy (non-hydrogen) atoms. The number of sulfone groups is 1. The SMILES string of the molecule is COc1ccc(CNC(=S)N(C)[C@H]2CCS(=O)(=O)C2)cc1. The molecule has 1 heterocycles. The molecule has 1 saturated heterocycles. The monoisotopic (exact) mass is 328 g/mol. The number of thiocarbonyl (C=S) groups is 1. The lowest BCUT2D eigenvalue weighted by atomic mass is 10.2. The highest BCUT2D eigenvalue weighted by atomic mass is 32.2. The maximum absolute atomic E-state index is 11.5. The fourth-order valence-corrected chi connectivity index (χ4v) is 4.29. The summed E-state index contributed by atoms with van der Waals surface area (Å²) in [5.74, 6) is 1.26. The van der Waals surface area contributed by atoms with Crippen LogP contribution >= 0.6 is 12.2 Å². The van der Waals surface area contributed by atoms with Crippen LogP contribution in [0.1, 0.15) is 12.0 Å². The molecule has 1 aliphatic heterocycles. The minimum Gasteiger partial charge on any atom is -0.497 e. The standard InChI is InChI=1S/C14H20N2O3S2/c1-16(12-7-8-21(17,18)10-12)14(20)15-9-11-3-5-13(19-2)6-4-11/h3-6,12H,7-10H2,1-2H3,(H,15,20)/t12-/m0/s1. The Balaban J connectivity index is 1.86. The van der Waals surface area contributed by atoms with Crippen molar-refractivity contribution >= 4 is 27.2 Å². The number of benzene rings is 1. The molecule has 2 rings (SSSR count). The van der Waals surface area contributed by atoms with Crippen LogP contribution in [0.3, 0.4) is 0 Å². The molecule has 1 atom stereocenters. The van der Waals surface area contributed by atoms with Gasteiger partial charge in [0.05, 0.1) is 18.6 Å². The van der Waals surface area contributed by atoms with Gasteiger partial charge in [0, 0.05) is 19.6 Å². The summed E-state index contributed by atoms with van der Waals surface area (Å²) >= 11 is 5.33. The summed E-state index contributed by atoms with van der Waals surface area (Å²) in [7, 11) is 0.582. The second kappa shape index (κ2) is 6.62. The number of rotatable bonds is 4. The number of methoxy groups -OCH3 is 1. The Morgan fingerprint density at radius 2 is 2.10 bits per heavy atom. The van der Waals surface area contributed by atoms with E-state index in [2.05, 4.69) is 5.32 Å². The zero-order valence-corrected chi connectivity index (χ0v) is 13.8. The molecule has 0 spiro atoms. The van der Waals surface area contributed by atoms with Crippen molar-refractivity contribution < 1.29 is 13.2 Å². The van der Waals surface area contributed by atoms with Crippen LogP contribution < -0.4 is 10.1 Å². The molecule has 116 valence electrons. The largest absolute Gasteiger partial charge is 0.497 e. The fraction of sp³-hybridized carbons (Fsp3) is 0.500. The number of nitrogens with zero attached hydrogens (tertiary/aromatic N) is 1. The predicted octanol–water partition coefficient (Wildman–Crippen LogP) is 1.19. The Morgan fingerprint density at radius 1 is 1.43 bits per heavy atom. The van der Waals surface area contributed by atoms with E-state index in [0.717, 1.165) is 11.3 Å². The van der Waals surface area contributed by atoms with Crippen molar-refractivity contribution in [3.05, 3.63) is 29.8 Å². The molecule has 1 aliphatic rings. The van der Waals surface area contributed by atoms with Gasteiger partial charge in [0.1, 0.15) is 5.75 Å². The van der Waals surface area contributed by atoms with E-state index in [1.54, 1.807) is 7.11 Å². The van der Waals surface area contributed by atoms with Crippen molar-refractivity contribution in [3.8, 4) is 5.75 Å². The first-order valence-electron chi connectivity index (χ1n) is 6.75. The van der Waals surface area contributed by atoms with Gasteiger partial charge in [-0.25, -0.2) is 8.42 Å². The Morgan fingerprint density at radius 3 is 2.62 bits per heavy atom. The smallest absolute Gasteiger partial charge is 0.169 e. The highest BCUT2D eigenvalue weighted by Crippen LogP contribution is 2.17. The fourth-order valence-electron chi connectivity index (χ4n) is 2.29. The highest BCUT2D eigenvalue weighted by Gasteiger charge is 2.31. The normalized spacial score (nSPS) is 20.0. The molecule has 0 bridgehead atoms. The van der Waals surface area contributed by atoms with E-state index in [-0.39, 0.29) is 17.5 Å². The van der Waals surface area contributed by atoms with E-state index in [4.69, 9.17) is 17.0 Å². The summed E-state index contributed by atoms with van der Waals surface area (Å²) in [6, 6.07) is 7.70. The lowest BCUT2D eigenvalue weighted by Gasteiger charge is -2.26. The summed E-state index contributed by atoms with van der Waals surface area (Å²) < 4.78 is 28.1. The van der Waals surface area contributed by atoms with Gasteiger partial charge in [-0.1, -0.05) is 12.1 Å². The minimum absolute atomic E-state index is 0.0223. The summed E-state index contributed by atoms with van der Waals surface area (Å²) in [6.45, 7) is 0.604. The van der Waals surface area contributed by atoms with E-state index in [1.165, 1.54) is 0 Å². The average molecular weight is 328 g/mol. The predicted molar refractivity (Wildman–Crippen MR) is 87.3 cm³/mol. The molecule has 1 aromatic rings. The molecule has 0 unspecified atom stereocenters. The maximum Gasteiger partial charge on any atom is 0.169 e. The van der Waals surface area contributed by atoms with Gasteiger partial charge in [-0.15, -0.1) is 0 Å². The van der Waals surface area contributed by atoms with Gasteiger partial charge in [-0.3, -0.25) is 0 Å². The molecule has 0 aliphatic carbocycles. The molecule has 5 nitrogen and oxygen atoms in total. The summed E-state index contributed by atoms with van der Waals surface area (Å²) in [5, 5.41) is 3.74. The highest BCUT2D eigenvalue weighted by molar-refractivity contribution is 7.91. The van der Waals surface area contributed by atoms with Crippen LogP contribution in [-0.4, -0.2) is 50.1 Å². The van der Waals surface area contributed by atoms with E-state index >= 15 is 0 Å². The zero-order valence-electron chi connectivity index (χ0n) is 12.2. The van der Waals surface area contributed by atoms with Crippen molar-refractivity contribution in [1.29, 1.82) is 0 Å². The van der Waals surface area contributed by atoms with Crippen LogP contribution in [0.4, 0.5) is 0 Å². The van der Waals surface area contributed by atoms with Crippen molar-refractivity contribution in [2.45, 2.75) is 19.0 Å². The van der Waals surface area contributed by atoms with Gasteiger partial charge in [0.2, 0.25) is 0 Å². The summed E-state index contributed by atoms with van der Waals surface area (Å²) in [5.41, 5.74) is 1.09. The quantitative estimate of drug-likeness (QED) is 0.838. The van der Waals surface area contributed by atoms with Gasteiger partial charge in [-0.05, 0) is 36.3 Å². The third kappa shape index (κ3) is 4.31. The third-order valence-corrected chi connectivity index (χ3v) is 5.86. The molecule has 0 saturated carbocycles. The molecular weight excluding hydrogens is 308 g/mol. The van der Waals surface area contributed by atoms with Crippen LogP contribution in [-0.2, 0) is 16.4 Å². The topological polar surface area (TPSA) is 58.6 Å². The molecular formula is C14H20N2O3S2. The first kappa shape index (κ1) is 16.0. The van der Waals surface area contributed by atoms with Crippen LogP contribution in [0, 0.1) is 0 Å². The molecule has 0 amide bonds. The van der Waals surface area contributed by atoms with E-state index < -0.39 is 9.84 Å². The van der Waals surface area contributed by atoms with E-state index in [9.17, 15) is 8.42 Å². The lowest BCUT2D eigenvalue weighted by Crippen LogP contribution is -2.43. The first-order chi connectivity index (χ1) is 9.91. The number of nitrogens with one attached hydrogen (secondary N) is 1. The van der Waals surface area contributed by atoms with E-state index in [1.807, 2.05) is 36.2 Å². The number of hydrogen-bond acceptors (Lipinski definition) is 4. The Labute approximate surface area is 131 Å². The number of hydrogen-bond donors (Lipinski definition) is 1. The molecule has 1 fully saturated rings. The number of ether oxygens (including phenoxy) is 1. The van der Waals surface area contributed by atoms with Crippen molar-refractivity contribution in [2.24, 2.45) is 0 Å². The van der Waals surface area contributed by atoms with Gasteiger partial charge >= 0.3 is 0 Å². The maximum atomic E-state index is 11.5. The van der Waals surface area contributed by atoms with Crippen molar-refractivity contribution in [3.63, 3.8) is 0 Å². The minimum atomic E-state index is -2.89. The average Bonchev–Trinajstić information content (AvgIpc) is 2.84. The van der Waals surface area contributed by atoms with Crippen molar-refractivity contribution in [1.82, 2.24) is 10.2 Å². The molecule has 0 radical (unpaired) electrons. The zero-order chi connectivity index (χ0) is 15.5. The molecule has 1 aromatic carbocycles. The van der Waals surface area contributed by atoms with Gasteiger partial charge in [0.25, 0.3) is 0 Å². The molecule has 1 N–H and O–H groups in total. The van der Waals surface area contributed by atoms with Crippen molar-refractivity contribution in [2.75, 3.05) is 25.7 Å². The van der Waals surface area contributed by atoms with Gasteiger partial charge < -0.3 is 15.0 Å². The second-order valence-corrected chi connectivity index (χ2v) is 7.79. The van der Waals surface area contributed by atoms with E-state index in [0.29, 0.717) is 18.1 Å². The van der Waals surface area contributed by atoms with Crippen LogP contribution in [0.25, 0.3) is 0 Å². The van der Waals surface area contributed by atoms with Gasteiger partial charge in [-0.2, -0.15) is 0 Å². The Bertz CT molecular complexity index is 599. The second-order valence-electron chi connectivity index (χ2n) is 5.17. The third-order valence-electron chi connectivity index (χ3n) is 3.68. The van der Waals surface area contributed by atoms with Crippen LogP contribution in [0.15, 0.2) is 24.3 Å². The molecule has 0 aromatic heterocycles. The first-order valence-corrected chi connectivity index (χ1v) is 8.98. The summed E-state index contributed by atoms with van der Waals surface area (Å²) in [6.07, 6.45) is 0.642. The van der Waals surface area contributed by atoms with Crippen LogP contribution in [0.5, 0.6) is 5.75 Å². The molecule has 7 heteroatoms. The Kier molecular flexibility index (Phi) is 5.05. The summed E-state index contributed by atoms with van der Waals surface area (Å²) in [4.78, 5) is 1.85. The Hall–Kier alpha value is -1.34. The van der Waals surface area contributed by atoms with Gasteiger partial charge in [0.15, 0.2) is 14.9 Å². The lowest BCUT2D eigenvalue weighted by molar-refractivity contribution is 0.390. The van der Waals surface area contributed by atoms with Crippen LogP contribution in [0.2, 0.25) is 0 Å².